The molecule has 0 aliphatic rings. The molecule has 3 nitrogen and oxygen atoms in total. The molecular formula is C10H10FNO2S. The van der Waals surface area contributed by atoms with Crippen LogP contribution in [0.3, 0.4) is 0 Å². The number of hydrogen-bond donors (Lipinski definition) is 1. The van der Waals surface area contributed by atoms with Crippen molar-refractivity contribution >= 4 is 21.1 Å². The first-order chi connectivity index (χ1) is 7.04. The second-order valence-corrected chi connectivity index (χ2v) is 4.86. The van der Waals surface area contributed by atoms with Crippen LogP contribution in [-0.2, 0) is 16.6 Å². The lowest BCUT2D eigenvalue weighted by molar-refractivity contribution is 0.551. The Kier molecular flexibility index (Phi) is 2.48. The van der Waals surface area contributed by atoms with Crippen LogP contribution in [0.5, 0.6) is 0 Å². The highest BCUT2D eigenvalue weighted by molar-refractivity contribution is 7.86. The number of aryl methyl sites for hydroxylation is 1. The van der Waals surface area contributed by atoms with Gasteiger partial charge in [-0.2, -0.15) is 8.42 Å². The van der Waals surface area contributed by atoms with Gasteiger partial charge >= 0.3 is 10.2 Å². The first-order valence-electron chi connectivity index (χ1n) is 4.53. The van der Waals surface area contributed by atoms with E-state index in [1.54, 1.807) is 0 Å². The topological polar surface area (TPSA) is 49.9 Å². The zero-order valence-corrected chi connectivity index (χ0v) is 8.72. The molecule has 0 unspecified atom stereocenters. The van der Waals surface area contributed by atoms with Crippen molar-refractivity contribution in [3.63, 3.8) is 0 Å². The predicted molar refractivity (Wildman–Crippen MR) is 56.9 cm³/mol. The van der Waals surface area contributed by atoms with E-state index < -0.39 is 16.0 Å². The molecule has 1 N–H and O–H groups in total. The van der Waals surface area contributed by atoms with E-state index in [2.05, 4.69) is 4.98 Å². The lowest BCUT2D eigenvalue weighted by Crippen LogP contribution is -2.01. The van der Waals surface area contributed by atoms with Gasteiger partial charge in [-0.1, -0.05) is 18.2 Å². The van der Waals surface area contributed by atoms with Crippen LogP contribution in [0.4, 0.5) is 3.89 Å². The molecule has 1 aromatic heterocycles. The molecule has 1 heterocycles. The molecule has 0 bridgehead atoms. The van der Waals surface area contributed by atoms with Crippen molar-refractivity contribution in [2.45, 2.75) is 6.42 Å². The summed E-state index contributed by atoms with van der Waals surface area (Å²) in [5.74, 6) is -0.472. The molecule has 0 atom stereocenters. The molecule has 0 amide bonds. The van der Waals surface area contributed by atoms with Gasteiger partial charge in [0.05, 0.1) is 5.75 Å². The van der Waals surface area contributed by atoms with Crippen molar-refractivity contribution in [3.8, 4) is 0 Å². The van der Waals surface area contributed by atoms with Gasteiger partial charge in [-0.05, 0) is 17.5 Å². The quantitative estimate of drug-likeness (QED) is 0.815. The monoisotopic (exact) mass is 227 g/mol. The number of halogens is 1. The molecule has 2 aromatic rings. The number of aromatic nitrogens is 1. The average molecular weight is 227 g/mol. The van der Waals surface area contributed by atoms with E-state index in [9.17, 15) is 12.3 Å². The summed E-state index contributed by atoms with van der Waals surface area (Å²) >= 11 is 0. The summed E-state index contributed by atoms with van der Waals surface area (Å²) in [7, 11) is -4.38. The molecule has 0 aliphatic heterocycles. The lowest BCUT2D eigenvalue weighted by Gasteiger charge is -1.92. The maximum atomic E-state index is 12.3. The summed E-state index contributed by atoms with van der Waals surface area (Å²) in [4.78, 5) is 3.04. The fourth-order valence-corrected chi connectivity index (χ4v) is 1.96. The molecule has 0 saturated heterocycles. The first kappa shape index (κ1) is 10.2. The van der Waals surface area contributed by atoms with E-state index in [-0.39, 0.29) is 6.42 Å². The van der Waals surface area contributed by atoms with Crippen LogP contribution in [0.25, 0.3) is 10.9 Å². The molecule has 0 aliphatic carbocycles. The van der Waals surface area contributed by atoms with Crippen LogP contribution in [-0.4, -0.2) is 19.2 Å². The predicted octanol–water partition coefficient (Wildman–Crippen LogP) is 2.01. The summed E-state index contributed by atoms with van der Waals surface area (Å²) in [5.41, 5.74) is 1.67. The highest BCUT2D eigenvalue weighted by atomic mass is 32.3. The normalized spacial score (nSPS) is 12.1. The van der Waals surface area contributed by atoms with Crippen molar-refractivity contribution in [2.75, 3.05) is 5.75 Å². The molecule has 80 valence electrons. The smallest absolute Gasteiger partial charge is 0.302 e. The Morgan fingerprint density at radius 2 is 2.00 bits per heavy atom. The van der Waals surface area contributed by atoms with E-state index in [0.29, 0.717) is 0 Å². The van der Waals surface area contributed by atoms with Gasteiger partial charge in [0.15, 0.2) is 0 Å². The number of aromatic amines is 1. The van der Waals surface area contributed by atoms with E-state index >= 15 is 0 Å². The molecule has 5 heteroatoms. The molecular weight excluding hydrogens is 217 g/mol. The van der Waals surface area contributed by atoms with Crippen molar-refractivity contribution in [2.24, 2.45) is 0 Å². The fourth-order valence-electron chi connectivity index (χ4n) is 1.50. The fraction of sp³-hybridized carbons (Fsp3) is 0.200. The number of rotatable bonds is 3. The summed E-state index contributed by atoms with van der Waals surface area (Å²) in [6, 6.07) is 9.42. The molecule has 0 saturated carbocycles. The SMILES string of the molecule is O=S(=O)(F)CCc1cc2ccccc2[nH]1. The number of benzene rings is 1. The Bertz CT molecular complexity index is 541. The number of H-pyrrole nitrogens is 1. The van der Waals surface area contributed by atoms with Crippen molar-refractivity contribution in [1.82, 2.24) is 4.98 Å². The van der Waals surface area contributed by atoms with Gasteiger partial charge in [-0.25, -0.2) is 0 Å². The van der Waals surface area contributed by atoms with Gasteiger partial charge in [-0.3, -0.25) is 0 Å². The number of nitrogens with one attached hydrogen (secondary N) is 1. The number of para-hydroxylation sites is 1. The van der Waals surface area contributed by atoms with Crippen molar-refractivity contribution < 1.29 is 12.3 Å². The number of hydrogen-bond acceptors (Lipinski definition) is 2. The van der Waals surface area contributed by atoms with Gasteiger partial charge in [0, 0.05) is 17.6 Å². The molecule has 0 fully saturated rings. The number of fused-ring (bicyclic) bond motifs is 1. The zero-order valence-electron chi connectivity index (χ0n) is 7.90. The Morgan fingerprint density at radius 3 is 2.67 bits per heavy atom. The van der Waals surface area contributed by atoms with Crippen LogP contribution >= 0.6 is 0 Å². The highest BCUT2D eigenvalue weighted by Gasteiger charge is 2.08. The van der Waals surface area contributed by atoms with E-state index in [1.807, 2.05) is 30.3 Å². The first-order valence-corrected chi connectivity index (χ1v) is 6.09. The minimum atomic E-state index is -4.38. The van der Waals surface area contributed by atoms with Crippen LogP contribution in [0.2, 0.25) is 0 Å². The third kappa shape index (κ3) is 2.56. The molecule has 0 radical (unpaired) electrons. The zero-order chi connectivity index (χ0) is 10.9. The van der Waals surface area contributed by atoms with Crippen LogP contribution in [0.15, 0.2) is 30.3 Å². The van der Waals surface area contributed by atoms with Gasteiger partial charge in [-0.15, -0.1) is 3.89 Å². The van der Waals surface area contributed by atoms with Gasteiger partial charge in [0.25, 0.3) is 0 Å². The average Bonchev–Trinajstić information content (AvgIpc) is 2.56. The van der Waals surface area contributed by atoms with Gasteiger partial charge < -0.3 is 4.98 Å². The Morgan fingerprint density at radius 1 is 1.27 bits per heavy atom. The third-order valence-corrected chi connectivity index (χ3v) is 2.89. The Balaban J connectivity index is 2.23. The minimum Gasteiger partial charge on any atom is -0.358 e. The summed E-state index contributed by atoms with van der Waals surface area (Å²) < 4.78 is 33.0. The largest absolute Gasteiger partial charge is 0.358 e. The molecule has 2 rings (SSSR count). The van der Waals surface area contributed by atoms with E-state index in [1.165, 1.54) is 0 Å². The maximum Gasteiger partial charge on any atom is 0.302 e. The third-order valence-electron chi connectivity index (χ3n) is 2.20. The summed E-state index contributed by atoms with van der Waals surface area (Å²) in [6.45, 7) is 0. The Labute approximate surface area is 87.1 Å². The van der Waals surface area contributed by atoms with Crippen LogP contribution < -0.4 is 0 Å². The van der Waals surface area contributed by atoms with Gasteiger partial charge in [0.1, 0.15) is 0 Å². The summed E-state index contributed by atoms with van der Waals surface area (Å²) in [6.07, 6.45) is 0.174. The van der Waals surface area contributed by atoms with Gasteiger partial charge in [0.2, 0.25) is 0 Å². The minimum absolute atomic E-state index is 0.174. The second-order valence-electron chi connectivity index (χ2n) is 3.37. The maximum absolute atomic E-state index is 12.3. The molecule has 15 heavy (non-hydrogen) atoms. The molecule has 0 spiro atoms. The van der Waals surface area contributed by atoms with Crippen molar-refractivity contribution in [3.05, 3.63) is 36.0 Å². The van der Waals surface area contributed by atoms with Crippen LogP contribution in [0, 0.1) is 0 Å². The van der Waals surface area contributed by atoms with E-state index in [4.69, 9.17) is 0 Å². The van der Waals surface area contributed by atoms with Crippen LogP contribution in [0.1, 0.15) is 5.69 Å². The Hall–Kier alpha value is -1.36. The van der Waals surface area contributed by atoms with Crippen molar-refractivity contribution in [1.29, 1.82) is 0 Å². The highest BCUT2D eigenvalue weighted by Crippen LogP contribution is 2.15. The second kappa shape index (κ2) is 3.66. The van der Waals surface area contributed by atoms with E-state index in [0.717, 1.165) is 16.6 Å². The summed E-state index contributed by atoms with van der Waals surface area (Å²) in [5, 5.41) is 1.00. The standard InChI is InChI=1S/C10H10FNO2S/c11-15(13,14)6-5-9-7-8-3-1-2-4-10(8)12-9/h1-4,7,12H,5-6H2. The molecule has 1 aromatic carbocycles. The lowest BCUT2D eigenvalue weighted by atomic mass is 10.2.